The molecule has 1 aromatic heterocycles. The van der Waals surface area contributed by atoms with Gasteiger partial charge in [0, 0.05) is 27.9 Å². The van der Waals surface area contributed by atoms with Crippen LogP contribution in [0.4, 0.5) is 5.82 Å². The van der Waals surface area contributed by atoms with Crippen LogP contribution in [0.3, 0.4) is 0 Å². The summed E-state index contributed by atoms with van der Waals surface area (Å²) in [5.41, 5.74) is 2.30. The number of carbonyl (C=O) groups is 1. The molecule has 0 bridgehead atoms. The Morgan fingerprint density at radius 1 is 0.879 bits per heavy atom. The van der Waals surface area contributed by atoms with Gasteiger partial charge in [-0.2, -0.15) is 5.10 Å². The van der Waals surface area contributed by atoms with Gasteiger partial charge in [-0.3, -0.25) is 9.48 Å². The smallest absolute Gasteiger partial charge is 0.256 e. The zero-order valence-electron chi connectivity index (χ0n) is 17.1. The van der Waals surface area contributed by atoms with Gasteiger partial charge in [-0.15, -0.1) is 0 Å². The first kappa shape index (κ1) is 23.5. The van der Waals surface area contributed by atoms with Crippen molar-refractivity contribution in [2.75, 3.05) is 5.32 Å². The molecular formula is C24H17Cl4N3O2. The minimum Gasteiger partial charge on any atom is -0.486 e. The fourth-order valence-electron chi connectivity index (χ4n) is 3.11. The molecule has 0 unspecified atom stereocenters. The number of anilines is 1. The van der Waals surface area contributed by atoms with Gasteiger partial charge in [0.25, 0.3) is 5.91 Å². The van der Waals surface area contributed by atoms with E-state index in [1.54, 1.807) is 47.3 Å². The third kappa shape index (κ3) is 6.21. The van der Waals surface area contributed by atoms with Gasteiger partial charge in [0.1, 0.15) is 6.61 Å². The number of amides is 1. The zero-order valence-corrected chi connectivity index (χ0v) is 20.1. The third-order valence-corrected chi connectivity index (χ3v) is 5.71. The quantitative estimate of drug-likeness (QED) is 0.276. The molecule has 0 atom stereocenters. The number of halogens is 4. The summed E-state index contributed by atoms with van der Waals surface area (Å²) in [5, 5.41) is 8.95. The van der Waals surface area contributed by atoms with E-state index in [4.69, 9.17) is 51.1 Å². The van der Waals surface area contributed by atoms with Gasteiger partial charge in [0.05, 0.1) is 16.6 Å². The summed E-state index contributed by atoms with van der Waals surface area (Å²) >= 11 is 24.2. The molecule has 5 nitrogen and oxygen atoms in total. The molecule has 0 fully saturated rings. The van der Waals surface area contributed by atoms with E-state index in [9.17, 15) is 4.79 Å². The summed E-state index contributed by atoms with van der Waals surface area (Å²) in [6.45, 7) is 0.744. The summed E-state index contributed by atoms with van der Waals surface area (Å²) in [6.07, 6.45) is 1.80. The largest absolute Gasteiger partial charge is 0.486 e. The monoisotopic (exact) mass is 519 g/mol. The molecule has 4 aromatic rings. The van der Waals surface area contributed by atoms with Gasteiger partial charge in [-0.05, 0) is 47.5 Å². The molecule has 33 heavy (non-hydrogen) atoms. The van der Waals surface area contributed by atoms with Crippen molar-refractivity contribution in [2.45, 2.75) is 13.2 Å². The lowest BCUT2D eigenvalue weighted by atomic mass is 10.1. The number of carbonyl (C=O) groups excluding carboxylic acids is 1. The lowest BCUT2D eigenvalue weighted by Gasteiger charge is -2.11. The molecule has 1 amide bonds. The molecule has 0 spiro atoms. The number of hydrogen-bond acceptors (Lipinski definition) is 3. The number of rotatable bonds is 7. The maximum atomic E-state index is 12.7. The Bertz CT molecular complexity index is 1270. The van der Waals surface area contributed by atoms with Crippen LogP contribution in [-0.2, 0) is 13.2 Å². The topological polar surface area (TPSA) is 56.2 Å². The molecule has 3 aromatic carbocycles. The highest BCUT2D eigenvalue weighted by Gasteiger charge is 2.12. The van der Waals surface area contributed by atoms with Gasteiger partial charge < -0.3 is 10.1 Å². The summed E-state index contributed by atoms with van der Waals surface area (Å²) in [5.74, 6) is 0.510. The summed E-state index contributed by atoms with van der Waals surface area (Å²) in [4.78, 5) is 12.7. The van der Waals surface area contributed by atoms with Crippen molar-refractivity contribution < 1.29 is 9.53 Å². The predicted molar refractivity (Wildman–Crippen MR) is 133 cm³/mol. The Balaban J connectivity index is 1.39. The first-order valence-electron chi connectivity index (χ1n) is 9.83. The lowest BCUT2D eigenvalue weighted by molar-refractivity contribution is 0.102. The minimum atomic E-state index is -0.281. The second-order valence-electron chi connectivity index (χ2n) is 7.17. The highest BCUT2D eigenvalue weighted by molar-refractivity contribution is 6.40. The number of nitrogens with zero attached hydrogens (tertiary/aromatic N) is 2. The van der Waals surface area contributed by atoms with Crippen LogP contribution in [0.25, 0.3) is 0 Å². The van der Waals surface area contributed by atoms with Crippen LogP contribution in [0.1, 0.15) is 21.5 Å². The second-order valence-corrected chi connectivity index (χ2v) is 8.85. The zero-order chi connectivity index (χ0) is 23.4. The Morgan fingerprint density at radius 3 is 2.33 bits per heavy atom. The van der Waals surface area contributed by atoms with E-state index < -0.39 is 0 Å². The fraction of sp³-hybridized carbons (Fsp3) is 0.0833. The minimum absolute atomic E-state index is 0.178. The Labute approximate surface area is 210 Å². The van der Waals surface area contributed by atoms with E-state index >= 15 is 0 Å². The number of nitrogens with one attached hydrogen (secondary N) is 1. The van der Waals surface area contributed by atoms with Crippen molar-refractivity contribution in [3.05, 3.63) is 110 Å². The van der Waals surface area contributed by atoms with Crippen molar-refractivity contribution in [3.8, 4) is 5.75 Å². The van der Waals surface area contributed by atoms with Crippen LogP contribution in [-0.4, -0.2) is 15.7 Å². The van der Waals surface area contributed by atoms with E-state index in [2.05, 4.69) is 10.4 Å². The van der Waals surface area contributed by atoms with Gasteiger partial charge in [-0.1, -0.05) is 70.7 Å². The summed E-state index contributed by atoms with van der Waals surface area (Å²) < 4.78 is 7.49. The molecular weight excluding hydrogens is 504 g/mol. The Kier molecular flexibility index (Phi) is 7.46. The first-order valence-corrected chi connectivity index (χ1v) is 11.3. The van der Waals surface area contributed by atoms with Gasteiger partial charge in [-0.25, -0.2) is 0 Å². The molecule has 1 N–H and O–H groups in total. The molecule has 0 aliphatic heterocycles. The second kappa shape index (κ2) is 10.5. The standard InChI is InChI=1S/C24H17Cl4N3O2/c25-18-6-4-15(5-7-18)13-31-9-8-22(30-31)29-24(32)17-3-1-2-16(10-17)14-33-23-20(27)11-19(26)12-21(23)28/h1-12H,13-14H2,(H,29,30,32). The molecule has 0 radical (unpaired) electrons. The van der Waals surface area contributed by atoms with E-state index in [1.807, 2.05) is 30.3 Å². The number of hydrogen-bond donors (Lipinski definition) is 1. The molecule has 9 heteroatoms. The average molecular weight is 521 g/mol. The van der Waals surface area contributed by atoms with Gasteiger partial charge >= 0.3 is 0 Å². The van der Waals surface area contributed by atoms with Crippen molar-refractivity contribution >= 4 is 58.1 Å². The molecule has 4 rings (SSSR count). The van der Waals surface area contributed by atoms with Crippen molar-refractivity contribution in [1.82, 2.24) is 9.78 Å². The molecule has 0 aliphatic carbocycles. The van der Waals surface area contributed by atoms with E-state index in [1.165, 1.54) is 0 Å². The van der Waals surface area contributed by atoms with Crippen LogP contribution in [0.2, 0.25) is 20.1 Å². The van der Waals surface area contributed by atoms with E-state index in [0.29, 0.717) is 43.8 Å². The Morgan fingerprint density at radius 2 is 1.61 bits per heavy atom. The van der Waals surface area contributed by atoms with Crippen LogP contribution < -0.4 is 10.1 Å². The molecule has 168 valence electrons. The summed E-state index contributed by atoms with van der Waals surface area (Å²) in [6, 6.07) is 19.4. The van der Waals surface area contributed by atoms with Crippen LogP contribution in [0.5, 0.6) is 5.75 Å². The van der Waals surface area contributed by atoms with E-state index in [-0.39, 0.29) is 12.5 Å². The molecule has 0 aliphatic rings. The molecule has 0 saturated heterocycles. The van der Waals surface area contributed by atoms with Crippen molar-refractivity contribution in [2.24, 2.45) is 0 Å². The highest BCUT2D eigenvalue weighted by Crippen LogP contribution is 2.36. The first-order chi connectivity index (χ1) is 15.9. The maximum absolute atomic E-state index is 12.7. The fourth-order valence-corrected chi connectivity index (χ4v) is 4.16. The van der Waals surface area contributed by atoms with Gasteiger partial charge in [0.2, 0.25) is 0 Å². The van der Waals surface area contributed by atoms with Crippen LogP contribution in [0, 0.1) is 0 Å². The van der Waals surface area contributed by atoms with Crippen molar-refractivity contribution in [1.29, 1.82) is 0 Å². The molecule has 0 saturated carbocycles. The van der Waals surface area contributed by atoms with E-state index in [0.717, 1.165) is 11.1 Å². The molecule has 1 heterocycles. The SMILES string of the molecule is O=C(Nc1ccn(Cc2ccc(Cl)cc2)n1)c1cccc(COc2c(Cl)cc(Cl)cc2Cl)c1. The predicted octanol–water partition coefficient (Wildman–Crippen LogP) is 7.38. The Hall–Kier alpha value is -2.70. The maximum Gasteiger partial charge on any atom is 0.256 e. The average Bonchev–Trinajstić information content (AvgIpc) is 3.21. The number of aromatic nitrogens is 2. The lowest BCUT2D eigenvalue weighted by Crippen LogP contribution is -2.13. The van der Waals surface area contributed by atoms with Gasteiger partial charge in [0.15, 0.2) is 11.6 Å². The highest BCUT2D eigenvalue weighted by atomic mass is 35.5. The van der Waals surface area contributed by atoms with Crippen LogP contribution >= 0.6 is 46.4 Å². The van der Waals surface area contributed by atoms with Crippen LogP contribution in [0.15, 0.2) is 72.9 Å². The number of benzene rings is 3. The summed E-state index contributed by atoms with van der Waals surface area (Å²) in [7, 11) is 0. The van der Waals surface area contributed by atoms with Crippen molar-refractivity contribution in [3.63, 3.8) is 0 Å². The third-order valence-electron chi connectivity index (χ3n) is 4.68. The number of ether oxygens (including phenoxy) is 1. The normalized spacial score (nSPS) is 10.8.